The zero-order chi connectivity index (χ0) is 18.7. The molecule has 1 aromatic rings. The molecule has 3 aliphatic rings. The molecular formula is C23H29N3O. The summed E-state index contributed by atoms with van der Waals surface area (Å²) in [6, 6.07) is 6.53. The first-order chi connectivity index (χ1) is 13.2. The number of hydrogen-bond acceptors (Lipinski definition) is 4. The maximum atomic E-state index is 5.79. The third kappa shape index (κ3) is 4.25. The number of aliphatic imine (C=N–C) groups is 1. The molecule has 4 nitrogen and oxygen atoms in total. The third-order valence-corrected chi connectivity index (χ3v) is 5.93. The number of nitrogens with zero attached hydrogens (tertiary/aromatic N) is 2. The summed E-state index contributed by atoms with van der Waals surface area (Å²) in [6.07, 6.45) is 10.2. The summed E-state index contributed by atoms with van der Waals surface area (Å²) in [5.41, 5.74) is 4.46. The van der Waals surface area contributed by atoms with Gasteiger partial charge in [0.2, 0.25) is 0 Å². The molecule has 1 aliphatic heterocycles. The summed E-state index contributed by atoms with van der Waals surface area (Å²) < 4.78 is 5.77. The molecule has 0 amide bonds. The number of benzene rings is 1. The molecule has 0 bridgehead atoms. The number of aryl methyl sites for hydroxylation is 1. The van der Waals surface area contributed by atoms with Gasteiger partial charge in [-0.2, -0.15) is 5.10 Å². The lowest BCUT2D eigenvalue weighted by atomic mass is 9.86. The van der Waals surface area contributed by atoms with E-state index in [1.54, 1.807) is 0 Å². The van der Waals surface area contributed by atoms with Crippen molar-refractivity contribution in [1.82, 2.24) is 0 Å². The van der Waals surface area contributed by atoms with Crippen molar-refractivity contribution < 1.29 is 4.74 Å². The van der Waals surface area contributed by atoms with Crippen molar-refractivity contribution in [3.63, 3.8) is 0 Å². The van der Waals surface area contributed by atoms with E-state index in [2.05, 4.69) is 47.1 Å². The third-order valence-electron chi connectivity index (χ3n) is 5.93. The second kappa shape index (κ2) is 7.86. The highest BCUT2D eigenvalue weighted by atomic mass is 16.5. The number of hydrazone groups is 1. The molecule has 0 aromatic heterocycles. The van der Waals surface area contributed by atoms with Crippen LogP contribution in [-0.2, 0) is 10.2 Å². The largest absolute Gasteiger partial charge is 0.376 e. The quantitative estimate of drug-likeness (QED) is 0.375. The number of rotatable bonds is 5. The summed E-state index contributed by atoms with van der Waals surface area (Å²) in [5.74, 6) is 13.1. The van der Waals surface area contributed by atoms with E-state index in [0.717, 1.165) is 43.6 Å². The Balaban J connectivity index is 1.51. The van der Waals surface area contributed by atoms with Crippen molar-refractivity contribution >= 4 is 11.9 Å². The average molecular weight is 364 g/mol. The lowest BCUT2D eigenvalue weighted by Crippen LogP contribution is -2.26. The van der Waals surface area contributed by atoms with Gasteiger partial charge in [0.25, 0.3) is 0 Å². The van der Waals surface area contributed by atoms with E-state index in [-0.39, 0.29) is 11.5 Å². The molecule has 1 atom stereocenters. The van der Waals surface area contributed by atoms with Crippen LogP contribution in [0.2, 0.25) is 0 Å². The fourth-order valence-corrected chi connectivity index (χ4v) is 3.91. The molecular weight excluding hydrogens is 334 g/mol. The lowest BCUT2D eigenvalue weighted by molar-refractivity contribution is 0.0226. The van der Waals surface area contributed by atoms with Gasteiger partial charge < -0.3 is 10.6 Å². The second-order valence-corrected chi connectivity index (χ2v) is 8.15. The van der Waals surface area contributed by atoms with Crippen molar-refractivity contribution in [3.8, 4) is 11.8 Å². The Morgan fingerprint density at radius 3 is 2.81 bits per heavy atom. The van der Waals surface area contributed by atoms with E-state index in [1.807, 2.05) is 6.21 Å². The van der Waals surface area contributed by atoms with Gasteiger partial charge in [-0.1, -0.05) is 17.9 Å². The van der Waals surface area contributed by atoms with Crippen LogP contribution in [0.4, 0.5) is 0 Å². The number of nitrogens with two attached hydrogens (primary N) is 1. The van der Waals surface area contributed by atoms with Gasteiger partial charge in [-0.25, -0.2) is 0 Å². The van der Waals surface area contributed by atoms with Gasteiger partial charge in [-0.3, -0.25) is 4.99 Å². The second-order valence-electron chi connectivity index (χ2n) is 8.15. The van der Waals surface area contributed by atoms with E-state index >= 15 is 0 Å². The topological polar surface area (TPSA) is 60.0 Å². The molecule has 3 fully saturated rings. The lowest BCUT2D eigenvalue weighted by Gasteiger charge is -2.21. The average Bonchev–Trinajstić information content (AvgIpc) is 3.61. The Bertz CT molecular complexity index is 801. The van der Waals surface area contributed by atoms with Crippen molar-refractivity contribution in [3.05, 3.63) is 34.9 Å². The van der Waals surface area contributed by atoms with Crippen molar-refractivity contribution in [2.75, 3.05) is 13.2 Å². The molecule has 0 spiro atoms. The fraction of sp³-hybridized carbons (Fsp3) is 0.565. The van der Waals surface area contributed by atoms with Gasteiger partial charge in [0.15, 0.2) is 0 Å². The molecule has 2 N–H and O–H groups in total. The number of ether oxygens (including phenoxy) is 1. The van der Waals surface area contributed by atoms with Crippen LogP contribution in [-0.4, -0.2) is 31.2 Å². The Morgan fingerprint density at radius 2 is 2.15 bits per heavy atom. The Labute approximate surface area is 162 Å². The minimum atomic E-state index is -0.0903. The normalized spacial score (nSPS) is 24.5. The Hall–Kier alpha value is -2.12. The van der Waals surface area contributed by atoms with Crippen LogP contribution in [0.3, 0.4) is 0 Å². The van der Waals surface area contributed by atoms with Gasteiger partial charge in [-0.05, 0) is 75.1 Å². The van der Waals surface area contributed by atoms with Crippen LogP contribution in [0.25, 0.3) is 0 Å². The van der Waals surface area contributed by atoms with Crippen molar-refractivity contribution in [1.29, 1.82) is 0 Å². The SMILES string of the molecule is Cc1ccc(C#CC2CC2)cc1C1(/C(C=NCC2CCCCO2)=N/N)CC1. The van der Waals surface area contributed by atoms with Gasteiger partial charge in [-0.15, -0.1) is 0 Å². The standard InChI is InChI=1S/C23H29N3O/c1-17-5-6-19(10-9-18-7-8-18)14-21(17)23(11-12-23)22(26-24)16-25-15-20-4-2-3-13-27-20/h5-6,14,16,18,20H,2-4,7-8,11-13,15,24H2,1H3/b25-16?,26-22+. The minimum absolute atomic E-state index is 0.0903. The highest BCUT2D eigenvalue weighted by Crippen LogP contribution is 2.50. The van der Waals surface area contributed by atoms with Crippen molar-refractivity contribution in [2.24, 2.45) is 21.9 Å². The highest BCUT2D eigenvalue weighted by Gasteiger charge is 2.49. The maximum Gasteiger partial charge on any atom is 0.0883 e. The van der Waals surface area contributed by atoms with E-state index < -0.39 is 0 Å². The molecule has 0 radical (unpaired) electrons. The van der Waals surface area contributed by atoms with Crippen LogP contribution < -0.4 is 5.84 Å². The van der Waals surface area contributed by atoms with Gasteiger partial charge in [0.05, 0.1) is 18.4 Å². The van der Waals surface area contributed by atoms with E-state index in [0.29, 0.717) is 12.5 Å². The predicted octanol–water partition coefficient (Wildman–Crippen LogP) is 3.74. The molecule has 2 saturated carbocycles. The van der Waals surface area contributed by atoms with Crippen molar-refractivity contribution in [2.45, 2.75) is 63.4 Å². The molecule has 2 aliphatic carbocycles. The molecule has 1 heterocycles. The van der Waals surface area contributed by atoms with Gasteiger partial charge in [0.1, 0.15) is 0 Å². The summed E-state index contributed by atoms with van der Waals surface area (Å²) in [7, 11) is 0. The molecule has 1 saturated heterocycles. The van der Waals surface area contributed by atoms with E-state index in [4.69, 9.17) is 10.6 Å². The minimum Gasteiger partial charge on any atom is -0.376 e. The predicted molar refractivity (Wildman–Crippen MR) is 110 cm³/mol. The molecule has 142 valence electrons. The molecule has 4 rings (SSSR count). The zero-order valence-electron chi connectivity index (χ0n) is 16.2. The van der Waals surface area contributed by atoms with Crippen LogP contribution in [0.1, 0.15) is 61.6 Å². The van der Waals surface area contributed by atoms with E-state index in [9.17, 15) is 0 Å². The number of hydrogen-bond donors (Lipinski definition) is 1. The molecule has 1 aromatic carbocycles. The molecule has 27 heavy (non-hydrogen) atoms. The molecule has 1 unspecified atom stereocenters. The maximum absolute atomic E-state index is 5.79. The first kappa shape index (κ1) is 18.3. The van der Waals surface area contributed by atoms with Gasteiger partial charge in [0, 0.05) is 29.7 Å². The monoisotopic (exact) mass is 363 g/mol. The first-order valence-corrected chi connectivity index (χ1v) is 10.2. The summed E-state index contributed by atoms with van der Waals surface area (Å²) in [6.45, 7) is 3.71. The fourth-order valence-electron chi connectivity index (χ4n) is 3.91. The van der Waals surface area contributed by atoms with Crippen LogP contribution in [0.15, 0.2) is 28.3 Å². The van der Waals surface area contributed by atoms with Crippen LogP contribution >= 0.6 is 0 Å². The Morgan fingerprint density at radius 1 is 1.30 bits per heavy atom. The summed E-state index contributed by atoms with van der Waals surface area (Å²) in [4.78, 5) is 4.63. The highest BCUT2D eigenvalue weighted by molar-refractivity contribution is 6.35. The first-order valence-electron chi connectivity index (χ1n) is 10.2. The van der Waals surface area contributed by atoms with E-state index in [1.165, 1.54) is 30.4 Å². The van der Waals surface area contributed by atoms with Crippen LogP contribution in [0.5, 0.6) is 0 Å². The van der Waals surface area contributed by atoms with Gasteiger partial charge >= 0.3 is 0 Å². The molecule has 4 heteroatoms. The smallest absolute Gasteiger partial charge is 0.0883 e. The van der Waals surface area contributed by atoms with Crippen LogP contribution in [0, 0.1) is 24.7 Å². The zero-order valence-corrected chi connectivity index (χ0v) is 16.2. The summed E-state index contributed by atoms with van der Waals surface area (Å²) in [5, 5.41) is 4.13. The Kier molecular flexibility index (Phi) is 5.31. The summed E-state index contributed by atoms with van der Waals surface area (Å²) >= 11 is 0.